The fraction of sp³-hybridized carbons (Fsp3) is 0.500. The number of carbonyl (C=O) groups is 1. The van der Waals surface area contributed by atoms with E-state index in [4.69, 9.17) is 8.94 Å². The van der Waals surface area contributed by atoms with Crippen LogP contribution < -0.4 is 0 Å². The Balaban J connectivity index is 1.86. The van der Waals surface area contributed by atoms with Crippen molar-refractivity contribution >= 4 is 5.91 Å². The van der Waals surface area contributed by atoms with Crippen LogP contribution >= 0.6 is 0 Å². The van der Waals surface area contributed by atoms with Crippen LogP contribution in [0.15, 0.2) is 33.4 Å². The predicted molar refractivity (Wildman–Crippen MR) is 76.8 cm³/mol. The number of amides is 1. The number of likely N-dealkylation sites (tertiary alicyclic amines) is 1. The summed E-state index contributed by atoms with van der Waals surface area (Å²) in [5.41, 5.74) is 0.394. The van der Waals surface area contributed by atoms with Crippen molar-refractivity contribution < 1.29 is 13.7 Å². The van der Waals surface area contributed by atoms with Crippen LogP contribution in [0.5, 0.6) is 0 Å². The number of furan rings is 1. The van der Waals surface area contributed by atoms with E-state index in [1.165, 1.54) is 0 Å². The molecule has 0 radical (unpaired) electrons. The summed E-state index contributed by atoms with van der Waals surface area (Å²) >= 11 is 0. The van der Waals surface area contributed by atoms with E-state index in [2.05, 4.69) is 5.16 Å². The van der Waals surface area contributed by atoms with Crippen LogP contribution in [0, 0.1) is 0 Å². The highest BCUT2D eigenvalue weighted by atomic mass is 16.5. The lowest BCUT2D eigenvalue weighted by atomic mass is 10.1. The van der Waals surface area contributed by atoms with Gasteiger partial charge in [0, 0.05) is 19.0 Å². The van der Waals surface area contributed by atoms with E-state index in [0.717, 1.165) is 50.2 Å². The van der Waals surface area contributed by atoms with Gasteiger partial charge in [-0.1, -0.05) is 24.9 Å². The maximum Gasteiger partial charge on any atom is 0.276 e. The van der Waals surface area contributed by atoms with E-state index < -0.39 is 0 Å². The summed E-state index contributed by atoms with van der Waals surface area (Å²) in [6, 6.07) is 5.55. The normalized spacial score (nSPS) is 19.5. The van der Waals surface area contributed by atoms with Crippen molar-refractivity contribution in [3.8, 4) is 0 Å². The fourth-order valence-corrected chi connectivity index (χ4v) is 2.86. The average molecular weight is 288 g/mol. The van der Waals surface area contributed by atoms with Gasteiger partial charge in [0.05, 0.1) is 12.3 Å². The molecular weight excluding hydrogens is 268 g/mol. The second-order valence-corrected chi connectivity index (χ2v) is 5.41. The van der Waals surface area contributed by atoms with Crippen LogP contribution in [0.4, 0.5) is 0 Å². The van der Waals surface area contributed by atoms with Crippen LogP contribution in [-0.2, 0) is 6.42 Å². The zero-order valence-electron chi connectivity index (χ0n) is 12.2. The van der Waals surface area contributed by atoms with Gasteiger partial charge in [-0.25, -0.2) is 0 Å². The van der Waals surface area contributed by atoms with Gasteiger partial charge in [0.2, 0.25) is 0 Å². The molecule has 2 aromatic rings. The fourth-order valence-electron chi connectivity index (χ4n) is 2.86. The topological polar surface area (TPSA) is 59.5 Å². The quantitative estimate of drug-likeness (QED) is 0.866. The van der Waals surface area contributed by atoms with Gasteiger partial charge >= 0.3 is 0 Å². The molecule has 2 aromatic heterocycles. The summed E-state index contributed by atoms with van der Waals surface area (Å²) in [4.78, 5) is 14.6. The molecule has 5 nitrogen and oxygen atoms in total. The van der Waals surface area contributed by atoms with Gasteiger partial charge in [0.25, 0.3) is 5.91 Å². The van der Waals surface area contributed by atoms with Crippen molar-refractivity contribution in [2.45, 2.75) is 45.1 Å². The second kappa shape index (κ2) is 6.16. The Bertz CT molecular complexity index is 588. The SMILES string of the molecule is CCc1cc(C(=O)N2CCCCC[C@H]2c2ccco2)no1. The monoisotopic (exact) mass is 288 g/mol. The highest BCUT2D eigenvalue weighted by Gasteiger charge is 2.30. The summed E-state index contributed by atoms with van der Waals surface area (Å²) in [7, 11) is 0. The molecule has 0 unspecified atom stereocenters. The van der Waals surface area contributed by atoms with Gasteiger partial charge in [-0.15, -0.1) is 0 Å². The maximum absolute atomic E-state index is 12.7. The molecule has 5 heteroatoms. The summed E-state index contributed by atoms with van der Waals surface area (Å²) < 4.78 is 10.7. The number of nitrogens with zero attached hydrogens (tertiary/aromatic N) is 2. The Morgan fingerprint density at radius 1 is 1.43 bits per heavy atom. The van der Waals surface area contributed by atoms with Crippen LogP contribution in [0.1, 0.15) is 60.7 Å². The van der Waals surface area contributed by atoms with Gasteiger partial charge in [-0.2, -0.15) is 0 Å². The largest absolute Gasteiger partial charge is 0.467 e. The van der Waals surface area contributed by atoms with E-state index in [1.807, 2.05) is 24.0 Å². The first kappa shape index (κ1) is 13.9. The van der Waals surface area contributed by atoms with E-state index in [9.17, 15) is 4.79 Å². The molecule has 1 amide bonds. The lowest BCUT2D eigenvalue weighted by Crippen LogP contribution is -2.34. The van der Waals surface area contributed by atoms with Crippen LogP contribution in [-0.4, -0.2) is 22.5 Å². The zero-order valence-corrected chi connectivity index (χ0v) is 12.2. The maximum atomic E-state index is 12.7. The Kier molecular flexibility index (Phi) is 4.08. The van der Waals surface area contributed by atoms with Crippen molar-refractivity contribution in [3.63, 3.8) is 0 Å². The third-order valence-corrected chi connectivity index (χ3v) is 4.01. The van der Waals surface area contributed by atoms with Gasteiger partial charge in [-0.05, 0) is 25.0 Å². The molecule has 0 aromatic carbocycles. The van der Waals surface area contributed by atoms with Crippen molar-refractivity contribution in [1.29, 1.82) is 0 Å². The van der Waals surface area contributed by atoms with Crippen molar-refractivity contribution in [2.75, 3.05) is 6.54 Å². The number of hydrogen-bond donors (Lipinski definition) is 0. The van der Waals surface area contributed by atoms with E-state index >= 15 is 0 Å². The summed E-state index contributed by atoms with van der Waals surface area (Å²) in [5.74, 6) is 1.52. The molecule has 1 saturated heterocycles. The molecule has 1 aliphatic heterocycles. The summed E-state index contributed by atoms with van der Waals surface area (Å²) in [5, 5.41) is 3.91. The first-order valence-electron chi connectivity index (χ1n) is 7.59. The molecule has 3 heterocycles. The van der Waals surface area contributed by atoms with Crippen molar-refractivity contribution in [2.24, 2.45) is 0 Å². The van der Waals surface area contributed by atoms with Crippen LogP contribution in [0.2, 0.25) is 0 Å². The Hall–Kier alpha value is -2.04. The molecule has 0 N–H and O–H groups in total. The lowest BCUT2D eigenvalue weighted by Gasteiger charge is -2.27. The Labute approximate surface area is 123 Å². The highest BCUT2D eigenvalue weighted by Crippen LogP contribution is 2.31. The molecule has 0 spiro atoms. The zero-order chi connectivity index (χ0) is 14.7. The first-order chi connectivity index (χ1) is 10.3. The second-order valence-electron chi connectivity index (χ2n) is 5.41. The predicted octanol–water partition coefficient (Wildman–Crippen LogP) is 3.59. The molecule has 112 valence electrons. The minimum atomic E-state index is -0.0678. The highest BCUT2D eigenvalue weighted by molar-refractivity contribution is 5.92. The van der Waals surface area contributed by atoms with Gasteiger partial charge < -0.3 is 13.8 Å². The molecule has 3 rings (SSSR count). The Morgan fingerprint density at radius 3 is 3.05 bits per heavy atom. The molecule has 1 atom stereocenters. The standard InChI is InChI=1S/C16H20N2O3/c1-2-12-11-13(17-21-12)16(19)18-9-5-3-4-7-14(18)15-8-6-10-20-15/h6,8,10-11,14H,2-5,7,9H2,1H3/t14-/m0/s1. The molecular formula is C16H20N2O3. The minimum Gasteiger partial charge on any atom is -0.467 e. The smallest absolute Gasteiger partial charge is 0.276 e. The first-order valence-corrected chi connectivity index (χ1v) is 7.59. The van der Waals surface area contributed by atoms with Gasteiger partial charge in [0.1, 0.15) is 11.5 Å². The van der Waals surface area contributed by atoms with Crippen LogP contribution in [0.3, 0.4) is 0 Å². The van der Waals surface area contributed by atoms with E-state index in [0.29, 0.717) is 5.69 Å². The molecule has 1 aliphatic rings. The molecule has 21 heavy (non-hydrogen) atoms. The lowest BCUT2D eigenvalue weighted by molar-refractivity contribution is 0.0648. The number of aryl methyl sites for hydroxylation is 1. The summed E-state index contributed by atoms with van der Waals surface area (Å²) in [6.45, 7) is 2.71. The van der Waals surface area contributed by atoms with Crippen molar-refractivity contribution in [3.05, 3.63) is 41.7 Å². The van der Waals surface area contributed by atoms with E-state index in [-0.39, 0.29) is 11.9 Å². The minimum absolute atomic E-state index is 0.00298. The van der Waals surface area contributed by atoms with Gasteiger partial charge in [-0.3, -0.25) is 4.79 Å². The van der Waals surface area contributed by atoms with Gasteiger partial charge in [0.15, 0.2) is 5.69 Å². The summed E-state index contributed by atoms with van der Waals surface area (Å²) in [6.07, 6.45) is 6.59. The Morgan fingerprint density at radius 2 is 2.33 bits per heavy atom. The molecule has 1 fully saturated rings. The van der Waals surface area contributed by atoms with E-state index in [1.54, 1.807) is 12.3 Å². The van der Waals surface area contributed by atoms with Crippen molar-refractivity contribution in [1.82, 2.24) is 10.1 Å². The number of carbonyl (C=O) groups excluding carboxylic acids is 1. The number of aromatic nitrogens is 1. The molecule has 0 aliphatic carbocycles. The average Bonchev–Trinajstić information content (AvgIpc) is 3.14. The number of rotatable bonds is 3. The van der Waals surface area contributed by atoms with Crippen LogP contribution in [0.25, 0.3) is 0 Å². The molecule has 0 saturated carbocycles. The molecule has 0 bridgehead atoms. The third-order valence-electron chi connectivity index (χ3n) is 4.01. The number of hydrogen-bond acceptors (Lipinski definition) is 4. The third kappa shape index (κ3) is 2.86.